The predicted octanol–water partition coefficient (Wildman–Crippen LogP) is 2.95. The third kappa shape index (κ3) is 6.20. The summed E-state index contributed by atoms with van der Waals surface area (Å²) in [7, 11) is 0. The second-order valence-electron chi connectivity index (χ2n) is 6.00. The molecule has 2 N–H and O–H groups in total. The van der Waals surface area contributed by atoms with Crippen LogP contribution in [0.5, 0.6) is 0 Å². The normalized spacial score (nSPS) is 22.7. The minimum atomic E-state index is -0.752. The molecule has 5 nitrogen and oxygen atoms in total. The van der Waals surface area contributed by atoms with Crippen LogP contribution < -0.4 is 5.48 Å². The van der Waals surface area contributed by atoms with Gasteiger partial charge in [0.05, 0.1) is 5.92 Å². The van der Waals surface area contributed by atoms with Crippen LogP contribution in [-0.4, -0.2) is 30.0 Å². The van der Waals surface area contributed by atoms with E-state index in [-0.39, 0.29) is 12.3 Å². The van der Waals surface area contributed by atoms with E-state index in [1.165, 1.54) is 0 Å². The fourth-order valence-corrected chi connectivity index (χ4v) is 2.57. The van der Waals surface area contributed by atoms with Gasteiger partial charge < -0.3 is 9.84 Å². The Morgan fingerprint density at radius 1 is 1.45 bits per heavy atom. The van der Waals surface area contributed by atoms with Crippen molar-refractivity contribution in [1.82, 2.24) is 5.48 Å². The molecular formula is C15H29NO4. The van der Waals surface area contributed by atoms with Crippen LogP contribution in [0.4, 0.5) is 0 Å². The number of hydrogen-bond donors (Lipinski definition) is 2. The maximum atomic E-state index is 11.5. The lowest BCUT2D eigenvalue weighted by molar-refractivity contribution is -0.208. The first-order valence-electron chi connectivity index (χ1n) is 7.80. The van der Waals surface area contributed by atoms with Gasteiger partial charge in [0.1, 0.15) is 0 Å². The third-order valence-corrected chi connectivity index (χ3v) is 3.62. The Kier molecular flexibility index (Phi) is 8.11. The molecule has 1 fully saturated rings. The average Bonchev–Trinajstić information content (AvgIpc) is 2.42. The Morgan fingerprint density at radius 3 is 2.70 bits per heavy atom. The van der Waals surface area contributed by atoms with Gasteiger partial charge in [0.15, 0.2) is 6.29 Å². The van der Waals surface area contributed by atoms with Gasteiger partial charge in [0.2, 0.25) is 0 Å². The molecule has 0 aromatic rings. The summed E-state index contributed by atoms with van der Waals surface area (Å²) in [5.41, 5.74) is 2.97. The zero-order valence-electron chi connectivity index (χ0n) is 12.9. The summed E-state index contributed by atoms with van der Waals surface area (Å²) in [5, 5.41) is 9.43. The number of ether oxygens (including phenoxy) is 1. The molecule has 20 heavy (non-hydrogen) atoms. The minimum Gasteiger partial charge on any atom is -0.481 e. The highest BCUT2D eigenvalue weighted by Crippen LogP contribution is 2.21. The Labute approximate surface area is 122 Å². The molecule has 1 saturated heterocycles. The summed E-state index contributed by atoms with van der Waals surface area (Å²) in [6.07, 6.45) is 5.17. The van der Waals surface area contributed by atoms with E-state index in [1.807, 2.05) is 13.8 Å². The summed E-state index contributed by atoms with van der Waals surface area (Å²) in [6, 6.07) is -0.162. The lowest BCUT2D eigenvalue weighted by Crippen LogP contribution is -2.43. The van der Waals surface area contributed by atoms with Gasteiger partial charge in [-0.1, -0.05) is 27.2 Å². The molecule has 0 bridgehead atoms. The molecule has 1 heterocycles. The van der Waals surface area contributed by atoms with Crippen LogP contribution in [-0.2, 0) is 14.4 Å². The van der Waals surface area contributed by atoms with Crippen molar-refractivity contribution >= 4 is 5.97 Å². The molecular weight excluding hydrogens is 258 g/mol. The van der Waals surface area contributed by atoms with Crippen molar-refractivity contribution in [1.29, 1.82) is 0 Å². The van der Waals surface area contributed by atoms with Crippen LogP contribution in [0, 0.1) is 11.8 Å². The highest BCUT2D eigenvalue weighted by Gasteiger charge is 2.29. The van der Waals surface area contributed by atoms with Gasteiger partial charge in [-0.3, -0.25) is 9.63 Å². The topological polar surface area (TPSA) is 67.8 Å². The molecule has 0 amide bonds. The van der Waals surface area contributed by atoms with Crippen LogP contribution in [0.1, 0.15) is 59.3 Å². The van der Waals surface area contributed by atoms with Crippen molar-refractivity contribution in [3.8, 4) is 0 Å². The number of hydroxylamine groups is 1. The van der Waals surface area contributed by atoms with E-state index in [2.05, 4.69) is 12.4 Å². The first-order chi connectivity index (χ1) is 9.54. The summed E-state index contributed by atoms with van der Waals surface area (Å²) in [5.74, 6) is -0.820. The van der Waals surface area contributed by atoms with Gasteiger partial charge in [-0.25, -0.2) is 0 Å². The van der Waals surface area contributed by atoms with Crippen molar-refractivity contribution in [3.63, 3.8) is 0 Å². The zero-order chi connectivity index (χ0) is 15.0. The zero-order valence-corrected chi connectivity index (χ0v) is 12.9. The number of carboxylic acid groups (broad SMARTS) is 1. The van der Waals surface area contributed by atoms with Crippen molar-refractivity contribution in [2.45, 2.75) is 71.6 Å². The lowest BCUT2D eigenvalue weighted by atomic mass is 9.88. The van der Waals surface area contributed by atoms with E-state index < -0.39 is 11.9 Å². The fraction of sp³-hybridized carbons (Fsp3) is 0.933. The van der Waals surface area contributed by atoms with Crippen molar-refractivity contribution < 1.29 is 19.5 Å². The number of rotatable bonds is 9. The molecule has 0 saturated carbocycles. The van der Waals surface area contributed by atoms with E-state index in [0.29, 0.717) is 12.3 Å². The van der Waals surface area contributed by atoms with Gasteiger partial charge in [0, 0.05) is 19.1 Å². The molecule has 0 radical (unpaired) electrons. The van der Waals surface area contributed by atoms with E-state index >= 15 is 0 Å². The molecule has 0 aliphatic carbocycles. The average molecular weight is 287 g/mol. The van der Waals surface area contributed by atoms with Crippen molar-refractivity contribution in [2.75, 3.05) is 6.61 Å². The summed E-state index contributed by atoms with van der Waals surface area (Å²) < 4.78 is 5.50. The van der Waals surface area contributed by atoms with Crippen molar-refractivity contribution in [2.24, 2.45) is 11.8 Å². The molecule has 1 rings (SSSR count). The SMILES string of the molecule is CCCC(NOC1CCCCO1)[C@H](CC(C)C)C(=O)O. The molecule has 118 valence electrons. The van der Waals surface area contributed by atoms with E-state index in [1.54, 1.807) is 0 Å². The van der Waals surface area contributed by atoms with E-state index in [0.717, 1.165) is 38.7 Å². The minimum absolute atomic E-state index is 0.162. The van der Waals surface area contributed by atoms with Crippen molar-refractivity contribution in [3.05, 3.63) is 0 Å². The van der Waals surface area contributed by atoms with Crippen LogP contribution in [0.15, 0.2) is 0 Å². The molecule has 0 aromatic carbocycles. The van der Waals surface area contributed by atoms with Gasteiger partial charge in [-0.15, -0.1) is 0 Å². The highest BCUT2D eigenvalue weighted by molar-refractivity contribution is 5.70. The molecule has 3 atom stereocenters. The van der Waals surface area contributed by atoms with Gasteiger partial charge >= 0.3 is 5.97 Å². The smallest absolute Gasteiger partial charge is 0.308 e. The van der Waals surface area contributed by atoms with Crippen LogP contribution in [0.25, 0.3) is 0 Å². The summed E-state index contributed by atoms with van der Waals surface area (Å²) in [4.78, 5) is 17.1. The molecule has 1 aliphatic heterocycles. The Hall–Kier alpha value is -0.650. The van der Waals surface area contributed by atoms with E-state index in [4.69, 9.17) is 9.57 Å². The fourth-order valence-electron chi connectivity index (χ4n) is 2.57. The first kappa shape index (κ1) is 17.4. The number of aliphatic carboxylic acids is 1. The van der Waals surface area contributed by atoms with Gasteiger partial charge in [-0.05, 0) is 31.6 Å². The largest absolute Gasteiger partial charge is 0.481 e. The second-order valence-corrected chi connectivity index (χ2v) is 6.00. The predicted molar refractivity (Wildman–Crippen MR) is 77.1 cm³/mol. The third-order valence-electron chi connectivity index (χ3n) is 3.62. The molecule has 2 unspecified atom stereocenters. The maximum absolute atomic E-state index is 11.5. The lowest BCUT2D eigenvalue weighted by Gasteiger charge is -2.29. The number of hydrogen-bond acceptors (Lipinski definition) is 4. The van der Waals surface area contributed by atoms with Crippen LogP contribution in [0.3, 0.4) is 0 Å². The Balaban J connectivity index is 2.52. The molecule has 1 aliphatic rings. The Morgan fingerprint density at radius 2 is 2.20 bits per heavy atom. The quantitative estimate of drug-likeness (QED) is 0.638. The molecule has 0 aromatic heterocycles. The van der Waals surface area contributed by atoms with Gasteiger partial charge in [-0.2, -0.15) is 5.48 Å². The monoisotopic (exact) mass is 287 g/mol. The molecule has 5 heteroatoms. The number of nitrogens with one attached hydrogen (secondary N) is 1. The number of carboxylic acids is 1. The maximum Gasteiger partial charge on any atom is 0.308 e. The van der Waals surface area contributed by atoms with E-state index in [9.17, 15) is 9.90 Å². The highest BCUT2D eigenvalue weighted by atomic mass is 16.8. The second kappa shape index (κ2) is 9.32. The van der Waals surface area contributed by atoms with Crippen LogP contribution >= 0.6 is 0 Å². The first-order valence-corrected chi connectivity index (χ1v) is 7.80. The number of carbonyl (C=O) groups is 1. The van der Waals surface area contributed by atoms with Crippen LogP contribution in [0.2, 0.25) is 0 Å². The molecule has 0 spiro atoms. The summed E-state index contributed by atoms with van der Waals surface area (Å²) >= 11 is 0. The standard InChI is InChI=1S/C15H29NO4/c1-4-7-13(12(15(17)18)10-11(2)3)16-20-14-8-5-6-9-19-14/h11-14,16H,4-10H2,1-3H3,(H,17,18)/t12-,13?,14?/m0/s1. The summed E-state index contributed by atoms with van der Waals surface area (Å²) in [6.45, 7) is 6.87. The Bertz CT molecular complexity index is 277. The van der Waals surface area contributed by atoms with Gasteiger partial charge in [0.25, 0.3) is 0 Å².